The van der Waals surface area contributed by atoms with Crippen LogP contribution in [-0.2, 0) is 0 Å². The predicted molar refractivity (Wildman–Crippen MR) is 237 cm³/mol. The zero-order valence-corrected chi connectivity index (χ0v) is 30.0. The largest absolute Gasteiger partial charge is 0.309 e. The molecule has 0 aliphatic rings. The summed E-state index contributed by atoms with van der Waals surface area (Å²) < 4.78 is 2.47. The van der Waals surface area contributed by atoms with Crippen molar-refractivity contribution >= 4 is 86.4 Å². The molecule has 254 valence electrons. The summed E-state index contributed by atoms with van der Waals surface area (Å²) in [6.45, 7) is 0. The molecule has 0 saturated carbocycles. The SMILES string of the molecule is c1ccc(-n2c3ccccc3c3c4c5ccccc5c(-c5cccc(-c6ccc7c8ccccc8c8ccccc8c7c6)c5)cc4c4ccccc4c32)cc1. The van der Waals surface area contributed by atoms with Crippen LogP contribution < -0.4 is 0 Å². The summed E-state index contributed by atoms with van der Waals surface area (Å²) in [5.41, 5.74) is 8.55. The van der Waals surface area contributed by atoms with Crippen molar-refractivity contribution in [2.75, 3.05) is 0 Å². The molecule has 55 heavy (non-hydrogen) atoms. The molecule has 1 heteroatoms. The minimum Gasteiger partial charge on any atom is -0.309 e. The lowest BCUT2D eigenvalue weighted by molar-refractivity contribution is 1.19. The molecule has 0 fully saturated rings. The summed E-state index contributed by atoms with van der Waals surface area (Å²) in [5.74, 6) is 0. The van der Waals surface area contributed by atoms with Crippen molar-refractivity contribution in [3.63, 3.8) is 0 Å². The molecular weight excluding hydrogens is 663 g/mol. The normalized spacial score (nSPS) is 12.0. The Morgan fingerprint density at radius 2 is 0.764 bits per heavy atom. The van der Waals surface area contributed by atoms with Crippen molar-refractivity contribution in [3.05, 3.63) is 200 Å². The van der Waals surface area contributed by atoms with Crippen molar-refractivity contribution in [1.82, 2.24) is 4.57 Å². The van der Waals surface area contributed by atoms with E-state index in [1.54, 1.807) is 0 Å². The monoisotopic (exact) mass is 695 g/mol. The smallest absolute Gasteiger partial charge is 0.0626 e. The van der Waals surface area contributed by atoms with Crippen LogP contribution in [0.1, 0.15) is 0 Å². The zero-order valence-electron chi connectivity index (χ0n) is 30.0. The number of para-hydroxylation sites is 2. The molecule has 12 aromatic rings. The van der Waals surface area contributed by atoms with Crippen LogP contribution in [0.5, 0.6) is 0 Å². The average molecular weight is 696 g/mol. The van der Waals surface area contributed by atoms with Gasteiger partial charge >= 0.3 is 0 Å². The van der Waals surface area contributed by atoms with E-state index in [0.717, 1.165) is 0 Å². The molecule has 1 aromatic heterocycles. The predicted octanol–water partition coefficient (Wildman–Crippen LogP) is 15.0. The molecule has 0 amide bonds. The summed E-state index contributed by atoms with van der Waals surface area (Å²) in [7, 11) is 0. The van der Waals surface area contributed by atoms with E-state index < -0.39 is 0 Å². The first-order valence-corrected chi connectivity index (χ1v) is 19.1. The zero-order chi connectivity index (χ0) is 36.0. The highest BCUT2D eigenvalue weighted by Crippen LogP contribution is 2.47. The first-order chi connectivity index (χ1) is 27.3. The van der Waals surface area contributed by atoms with E-state index >= 15 is 0 Å². The second-order valence-corrected chi connectivity index (χ2v) is 14.8. The van der Waals surface area contributed by atoms with Crippen LogP contribution in [0.3, 0.4) is 0 Å². The highest BCUT2D eigenvalue weighted by molar-refractivity contribution is 6.38. The van der Waals surface area contributed by atoms with E-state index in [2.05, 4.69) is 205 Å². The van der Waals surface area contributed by atoms with Crippen molar-refractivity contribution in [3.8, 4) is 27.9 Å². The van der Waals surface area contributed by atoms with Crippen molar-refractivity contribution in [2.24, 2.45) is 0 Å². The number of nitrogens with zero attached hydrogens (tertiary/aromatic N) is 1. The van der Waals surface area contributed by atoms with E-state index in [1.807, 2.05) is 0 Å². The Morgan fingerprint density at radius 1 is 0.255 bits per heavy atom. The number of benzene rings is 11. The fraction of sp³-hybridized carbons (Fsp3) is 0. The Balaban J connectivity index is 1.14. The van der Waals surface area contributed by atoms with E-state index in [4.69, 9.17) is 0 Å². The molecule has 1 heterocycles. The molecule has 0 aliphatic carbocycles. The lowest BCUT2D eigenvalue weighted by Gasteiger charge is -2.17. The Kier molecular flexibility index (Phi) is 6.40. The fourth-order valence-corrected chi connectivity index (χ4v) is 9.57. The molecule has 0 aliphatic heterocycles. The summed E-state index contributed by atoms with van der Waals surface area (Å²) in [5, 5.41) is 18.0. The Bertz CT molecular complexity index is 3500. The van der Waals surface area contributed by atoms with E-state index in [9.17, 15) is 0 Å². The number of hydrogen-bond acceptors (Lipinski definition) is 0. The van der Waals surface area contributed by atoms with Crippen LogP contribution in [0.2, 0.25) is 0 Å². The van der Waals surface area contributed by atoms with Gasteiger partial charge in [0.2, 0.25) is 0 Å². The maximum absolute atomic E-state index is 2.47. The summed E-state index contributed by atoms with van der Waals surface area (Å²) in [6, 6.07) is 74.0. The number of hydrogen-bond donors (Lipinski definition) is 0. The number of aromatic nitrogens is 1. The Labute approximate surface area is 317 Å². The second kappa shape index (κ2) is 11.6. The van der Waals surface area contributed by atoms with Gasteiger partial charge < -0.3 is 4.57 Å². The quantitative estimate of drug-likeness (QED) is 0.162. The van der Waals surface area contributed by atoms with Crippen LogP contribution in [0.15, 0.2) is 200 Å². The third-order valence-electron chi connectivity index (χ3n) is 11.9. The van der Waals surface area contributed by atoms with Gasteiger partial charge in [0, 0.05) is 27.2 Å². The molecule has 0 bridgehead atoms. The Hall–Kier alpha value is -7.22. The third kappa shape index (κ3) is 4.35. The maximum atomic E-state index is 2.47. The van der Waals surface area contributed by atoms with Gasteiger partial charge in [0.25, 0.3) is 0 Å². The minimum absolute atomic E-state index is 1.17. The first kappa shape index (κ1) is 30.3. The van der Waals surface area contributed by atoms with Crippen LogP contribution in [0, 0.1) is 0 Å². The third-order valence-corrected chi connectivity index (χ3v) is 11.9. The van der Waals surface area contributed by atoms with Crippen LogP contribution >= 0.6 is 0 Å². The first-order valence-electron chi connectivity index (χ1n) is 19.1. The maximum Gasteiger partial charge on any atom is 0.0626 e. The minimum atomic E-state index is 1.17. The number of fused-ring (bicyclic) bond motifs is 16. The van der Waals surface area contributed by atoms with E-state index in [1.165, 1.54) is 114 Å². The highest BCUT2D eigenvalue weighted by Gasteiger charge is 2.21. The molecule has 11 aromatic carbocycles. The van der Waals surface area contributed by atoms with Crippen LogP contribution in [0.25, 0.3) is 114 Å². The molecule has 0 atom stereocenters. The fourth-order valence-electron chi connectivity index (χ4n) is 9.57. The lowest BCUT2D eigenvalue weighted by Crippen LogP contribution is -1.95. The molecule has 1 nitrogen and oxygen atoms in total. The number of rotatable bonds is 3. The van der Waals surface area contributed by atoms with Gasteiger partial charge in [-0.3, -0.25) is 0 Å². The Morgan fingerprint density at radius 3 is 1.47 bits per heavy atom. The standard InChI is InChI=1S/C54H33N/c1-2-17-37(18-3-1)55-51-28-13-12-27-47(51)53-52-45-25-10-8-23-42(45)48(33-50(52)43-24-9-11-26-46(43)54(53)55)36-16-14-15-34(31-36)35-29-30-44-40-21-5-4-19-38(40)39-20-6-7-22-41(39)49(44)32-35/h1-33H. The van der Waals surface area contributed by atoms with Gasteiger partial charge in [0.05, 0.1) is 11.0 Å². The molecule has 0 unspecified atom stereocenters. The molecule has 0 radical (unpaired) electrons. The topological polar surface area (TPSA) is 4.93 Å². The van der Waals surface area contributed by atoms with Crippen LogP contribution in [0.4, 0.5) is 0 Å². The average Bonchev–Trinajstić information content (AvgIpc) is 3.62. The van der Waals surface area contributed by atoms with E-state index in [-0.39, 0.29) is 0 Å². The van der Waals surface area contributed by atoms with Crippen molar-refractivity contribution < 1.29 is 0 Å². The summed E-state index contributed by atoms with van der Waals surface area (Å²) in [4.78, 5) is 0. The van der Waals surface area contributed by atoms with E-state index in [0.29, 0.717) is 0 Å². The van der Waals surface area contributed by atoms with Gasteiger partial charge in [0.15, 0.2) is 0 Å². The van der Waals surface area contributed by atoms with Crippen molar-refractivity contribution in [2.45, 2.75) is 0 Å². The van der Waals surface area contributed by atoms with Gasteiger partial charge in [-0.05, 0) is 113 Å². The van der Waals surface area contributed by atoms with Gasteiger partial charge in [-0.2, -0.15) is 0 Å². The molecule has 0 saturated heterocycles. The molecular formula is C54H33N. The second-order valence-electron chi connectivity index (χ2n) is 14.8. The van der Waals surface area contributed by atoms with Crippen LogP contribution in [-0.4, -0.2) is 4.57 Å². The molecule has 0 N–H and O–H groups in total. The highest BCUT2D eigenvalue weighted by atomic mass is 15.0. The summed E-state index contributed by atoms with van der Waals surface area (Å²) >= 11 is 0. The summed E-state index contributed by atoms with van der Waals surface area (Å²) in [6.07, 6.45) is 0. The van der Waals surface area contributed by atoms with Gasteiger partial charge in [0.1, 0.15) is 0 Å². The molecule has 0 spiro atoms. The van der Waals surface area contributed by atoms with Gasteiger partial charge in [-0.1, -0.05) is 164 Å². The molecule has 12 rings (SSSR count). The van der Waals surface area contributed by atoms with Crippen molar-refractivity contribution in [1.29, 1.82) is 0 Å². The van der Waals surface area contributed by atoms with Gasteiger partial charge in [-0.25, -0.2) is 0 Å². The van der Waals surface area contributed by atoms with Gasteiger partial charge in [-0.15, -0.1) is 0 Å². The lowest BCUT2D eigenvalue weighted by atomic mass is 9.87.